The molecule has 8 heteroatoms. The largest absolute Gasteiger partial charge is 0.492 e. The summed E-state index contributed by atoms with van der Waals surface area (Å²) in [6, 6.07) is 2.86. The molecule has 0 saturated heterocycles. The summed E-state index contributed by atoms with van der Waals surface area (Å²) >= 11 is 0. The molecular weight excluding hydrogens is 301 g/mol. The number of alkyl halides is 3. The van der Waals surface area contributed by atoms with Gasteiger partial charge in [-0.25, -0.2) is 9.78 Å². The Morgan fingerprint density at radius 3 is 2.68 bits per heavy atom. The van der Waals surface area contributed by atoms with Gasteiger partial charge in [-0.15, -0.1) is 0 Å². The molecule has 0 unspecified atom stereocenters. The number of carbonyl (C=O) groups excluding carboxylic acids is 1. The van der Waals surface area contributed by atoms with Gasteiger partial charge in [0.1, 0.15) is 5.75 Å². The van der Waals surface area contributed by atoms with Crippen LogP contribution in [0.4, 0.5) is 13.2 Å². The molecule has 2 aromatic rings. The molecule has 0 amide bonds. The molecule has 0 atom stereocenters. The third-order valence-corrected chi connectivity index (χ3v) is 3.01. The zero-order valence-corrected chi connectivity index (χ0v) is 12.1. The number of halogens is 3. The average Bonchev–Trinajstić information content (AvgIpc) is 2.85. The number of pyridine rings is 1. The number of hydrogen-bond acceptors (Lipinski definition) is 4. The van der Waals surface area contributed by atoms with Gasteiger partial charge in [-0.2, -0.15) is 13.2 Å². The van der Waals surface area contributed by atoms with Crippen molar-refractivity contribution in [2.45, 2.75) is 25.9 Å². The molecular formula is C14H15F3N2O3. The summed E-state index contributed by atoms with van der Waals surface area (Å²) < 4.78 is 49.8. The summed E-state index contributed by atoms with van der Waals surface area (Å²) in [7, 11) is 1.09. The zero-order valence-electron chi connectivity index (χ0n) is 12.1. The lowest BCUT2D eigenvalue weighted by atomic mass is 10.3. The molecule has 0 N–H and O–H groups in total. The molecule has 120 valence electrons. The molecule has 2 heterocycles. The van der Waals surface area contributed by atoms with Gasteiger partial charge in [0.15, 0.2) is 5.69 Å². The summed E-state index contributed by atoms with van der Waals surface area (Å²) in [5.74, 6) is -1.84. The van der Waals surface area contributed by atoms with E-state index in [1.54, 1.807) is 0 Å². The first-order valence-corrected chi connectivity index (χ1v) is 6.69. The van der Waals surface area contributed by atoms with Crippen molar-refractivity contribution >= 4 is 11.5 Å². The molecule has 0 aliphatic carbocycles. The fraction of sp³-hybridized carbons (Fsp3) is 0.429. The number of nitrogens with zero attached hydrogens (tertiary/aromatic N) is 2. The van der Waals surface area contributed by atoms with Gasteiger partial charge in [-0.3, -0.25) is 4.40 Å². The van der Waals surface area contributed by atoms with Crippen LogP contribution in [0.5, 0.6) is 5.75 Å². The molecule has 5 nitrogen and oxygen atoms in total. The minimum absolute atomic E-state index is 0.0158. The lowest BCUT2D eigenvalue weighted by molar-refractivity contribution is -0.145. The van der Waals surface area contributed by atoms with Crippen molar-refractivity contribution < 1.29 is 27.4 Å². The number of carbonyl (C=O) groups is 1. The molecule has 2 rings (SSSR count). The molecule has 0 spiro atoms. The minimum Gasteiger partial charge on any atom is -0.492 e. The van der Waals surface area contributed by atoms with Crippen LogP contribution in [0.25, 0.3) is 5.52 Å². The first kappa shape index (κ1) is 16.1. The highest BCUT2D eigenvalue weighted by Crippen LogP contribution is 2.31. The van der Waals surface area contributed by atoms with Gasteiger partial charge in [0, 0.05) is 0 Å². The van der Waals surface area contributed by atoms with Gasteiger partial charge in [0.2, 0.25) is 5.82 Å². The fourth-order valence-electron chi connectivity index (χ4n) is 1.93. The van der Waals surface area contributed by atoms with Crippen LogP contribution in [0.15, 0.2) is 18.3 Å². The van der Waals surface area contributed by atoms with E-state index in [9.17, 15) is 18.0 Å². The van der Waals surface area contributed by atoms with E-state index in [0.717, 1.165) is 24.4 Å². The molecule has 0 aliphatic rings. The van der Waals surface area contributed by atoms with E-state index in [1.165, 1.54) is 18.3 Å². The number of hydrogen-bond donors (Lipinski definition) is 0. The number of imidazole rings is 1. The predicted molar refractivity (Wildman–Crippen MR) is 71.9 cm³/mol. The molecule has 22 heavy (non-hydrogen) atoms. The Balaban J connectivity index is 2.51. The van der Waals surface area contributed by atoms with Crippen molar-refractivity contribution in [3.63, 3.8) is 0 Å². The molecule has 2 aromatic heterocycles. The Labute approximate surface area is 124 Å². The number of ether oxygens (including phenoxy) is 2. The fourth-order valence-corrected chi connectivity index (χ4v) is 1.93. The van der Waals surface area contributed by atoms with Crippen molar-refractivity contribution in [1.29, 1.82) is 0 Å². The Morgan fingerprint density at radius 2 is 2.09 bits per heavy atom. The minimum atomic E-state index is -4.70. The molecule has 0 fully saturated rings. The maximum atomic E-state index is 13.1. The highest BCUT2D eigenvalue weighted by atomic mass is 19.4. The van der Waals surface area contributed by atoms with E-state index in [0.29, 0.717) is 6.61 Å². The van der Waals surface area contributed by atoms with Gasteiger partial charge in [-0.1, -0.05) is 13.3 Å². The predicted octanol–water partition coefficient (Wildman–Crippen LogP) is 3.32. The first-order chi connectivity index (χ1) is 10.4. The number of esters is 1. The van der Waals surface area contributed by atoms with Crippen LogP contribution in [-0.4, -0.2) is 29.1 Å². The standard InChI is InChI=1S/C14H15F3N2O3/c1-3-4-7-22-9-5-6-10-11(12(20)21-2)18-13(14(15,16)17)19(10)8-9/h5-6,8H,3-4,7H2,1-2H3. The molecule has 0 aromatic carbocycles. The molecule has 0 bridgehead atoms. The SMILES string of the molecule is CCCCOc1ccc2c(C(=O)OC)nc(C(F)(F)F)n2c1. The molecule has 0 saturated carbocycles. The van der Waals surface area contributed by atoms with Crippen molar-refractivity contribution in [3.8, 4) is 5.75 Å². The highest BCUT2D eigenvalue weighted by molar-refractivity contribution is 5.95. The Hall–Kier alpha value is -2.25. The van der Waals surface area contributed by atoms with Crippen LogP contribution < -0.4 is 4.74 Å². The second-order valence-corrected chi connectivity index (χ2v) is 4.60. The van der Waals surface area contributed by atoms with Crippen LogP contribution in [-0.2, 0) is 10.9 Å². The normalized spacial score (nSPS) is 11.7. The van der Waals surface area contributed by atoms with Crippen molar-refractivity contribution in [1.82, 2.24) is 9.38 Å². The number of fused-ring (bicyclic) bond motifs is 1. The summed E-state index contributed by atoms with van der Waals surface area (Å²) in [6.45, 7) is 2.38. The van der Waals surface area contributed by atoms with Crippen molar-refractivity contribution in [2.75, 3.05) is 13.7 Å². The summed E-state index contributed by atoms with van der Waals surface area (Å²) in [4.78, 5) is 14.9. The molecule has 0 radical (unpaired) electrons. The Morgan fingerprint density at radius 1 is 1.36 bits per heavy atom. The smallest absolute Gasteiger partial charge is 0.450 e. The summed E-state index contributed by atoms with van der Waals surface area (Å²) in [6.07, 6.45) is -1.82. The van der Waals surface area contributed by atoms with Crippen LogP contribution >= 0.6 is 0 Å². The van der Waals surface area contributed by atoms with Gasteiger partial charge >= 0.3 is 12.1 Å². The van der Waals surface area contributed by atoms with Crippen LogP contribution in [0.2, 0.25) is 0 Å². The number of unbranched alkanes of at least 4 members (excludes halogenated alkanes) is 1. The van der Waals surface area contributed by atoms with Gasteiger partial charge in [-0.05, 0) is 18.6 Å². The number of aromatic nitrogens is 2. The first-order valence-electron chi connectivity index (χ1n) is 6.69. The maximum absolute atomic E-state index is 13.1. The second-order valence-electron chi connectivity index (χ2n) is 4.60. The molecule has 0 aliphatic heterocycles. The lowest BCUT2D eigenvalue weighted by Gasteiger charge is -2.08. The zero-order chi connectivity index (χ0) is 16.3. The van der Waals surface area contributed by atoms with E-state index in [1.807, 2.05) is 6.92 Å². The summed E-state index contributed by atoms with van der Waals surface area (Å²) in [5, 5.41) is 0. The monoisotopic (exact) mass is 316 g/mol. The second kappa shape index (κ2) is 6.25. The van der Waals surface area contributed by atoms with E-state index < -0.39 is 18.0 Å². The summed E-state index contributed by atoms with van der Waals surface area (Å²) in [5.41, 5.74) is -0.364. The van der Waals surface area contributed by atoms with Crippen molar-refractivity contribution in [3.05, 3.63) is 29.8 Å². The third kappa shape index (κ3) is 3.15. The van der Waals surface area contributed by atoms with Crippen LogP contribution in [0, 0.1) is 0 Å². The van der Waals surface area contributed by atoms with Crippen LogP contribution in [0.1, 0.15) is 36.1 Å². The maximum Gasteiger partial charge on any atom is 0.450 e. The lowest BCUT2D eigenvalue weighted by Crippen LogP contribution is -2.11. The van der Waals surface area contributed by atoms with Gasteiger partial charge in [0.25, 0.3) is 0 Å². The Kier molecular flexibility index (Phi) is 4.58. The van der Waals surface area contributed by atoms with Crippen molar-refractivity contribution in [2.24, 2.45) is 0 Å². The quantitative estimate of drug-likeness (QED) is 0.627. The Bertz CT molecular complexity index is 680. The van der Waals surface area contributed by atoms with E-state index >= 15 is 0 Å². The third-order valence-electron chi connectivity index (χ3n) is 3.01. The van der Waals surface area contributed by atoms with Gasteiger partial charge in [0.05, 0.1) is 25.4 Å². The number of methoxy groups -OCH3 is 1. The van der Waals surface area contributed by atoms with E-state index in [2.05, 4.69) is 9.72 Å². The van der Waals surface area contributed by atoms with Crippen LogP contribution in [0.3, 0.4) is 0 Å². The average molecular weight is 316 g/mol. The van der Waals surface area contributed by atoms with E-state index in [4.69, 9.17) is 4.74 Å². The topological polar surface area (TPSA) is 52.8 Å². The van der Waals surface area contributed by atoms with Gasteiger partial charge < -0.3 is 9.47 Å². The number of rotatable bonds is 5. The van der Waals surface area contributed by atoms with E-state index in [-0.39, 0.29) is 17.0 Å². The highest BCUT2D eigenvalue weighted by Gasteiger charge is 2.38.